The van der Waals surface area contributed by atoms with Gasteiger partial charge in [-0.15, -0.1) is 10.2 Å². The molecule has 2 heterocycles. The number of benzene rings is 2. The van der Waals surface area contributed by atoms with Crippen molar-refractivity contribution in [3.05, 3.63) is 82.9 Å². The summed E-state index contributed by atoms with van der Waals surface area (Å²) in [5, 5.41) is 16.4. The van der Waals surface area contributed by atoms with Crippen molar-refractivity contribution in [2.24, 2.45) is 0 Å². The number of halogens is 1. The largest absolute Gasteiger partial charge is 0.285 e. The van der Waals surface area contributed by atoms with Crippen molar-refractivity contribution in [3.63, 3.8) is 0 Å². The van der Waals surface area contributed by atoms with Gasteiger partial charge in [-0.2, -0.15) is 0 Å². The molecule has 7 nitrogen and oxygen atoms in total. The van der Waals surface area contributed by atoms with Crippen LogP contribution in [0.4, 0.5) is 0 Å². The van der Waals surface area contributed by atoms with Gasteiger partial charge in [0, 0.05) is 0 Å². The van der Waals surface area contributed by atoms with Gasteiger partial charge in [0.15, 0.2) is 11.4 Å². The summed E-state index contributed by atoms with van der Waals surface area (Å²) in [6.45, 7) is 1.95. The van der Waals surface area contributed by atoms with E-state index in [-0.39, 0.29) is 17.2 Å². The molecule has 4 rings (SSSR count). The molecule has 0 radical (unpaired) electrons. The smallest absolute Gasteiger partial charge is 0.236 e. The maximum Gasteiger partial charge on any atom is 0.236 e. The van der Waals surface area contributed by atoms with Crippen LogP contribution in [0.2, 0.25) is 5.02 Å². The Bertz CT molecular complexity index is 1090. The standard InChI is InChI=1S/C18H13ClN6O/c1-12-7-8-17(14(19)9-12)25-11-16(21-23-25)18(26)15-10-24(22-20-15)13-5-3-2-4-6-13/h2-11H,1H3. The van der Waals surface area contributed by atoms with Crippen molar-refractivity contribution in [2.75, 3.05) is 0 Å². The van der Waals surface area contributed by atoms with E-state index < -0.39 is 0 Å². The molecule has 2 aromatic carbocycles. The van der Waals surface area contributed by atoms with Gasteiger partial charge in [0.25, 0.3) is 0 Å². The zero-order valence-electron chi connectivity index (χ0n) is 13.7. The molecule has 0 amide bonds. The predicted octanol–water partition coefficient (Wildman–Crippen LogP) is 3.04. The molecular formula is C18H13ClN6O. The molecular weight excluding hydrogens is 352 g/mol. The summed E-state index contributed by atoms with van der Waals surface area (Å²) in [7, 11) is 0. The van der Waals surface area contributed by atoms with E-state index in [0.29, 0.717) is 10.7 Å². The Hall–Kier alpha value is -3.32. The van der Waals surface area contributed by atoms with E-state index in [4.69, 9.17) is 11.6 Å². The maximum absolute atomic E-state index is 12.6. The van der Waals surface area contributed by atoms with Gasteiger partial charge < -0.3 is 0 Å². The van der Waals surface area contributed by atoms with E-state index >= 15 is 0 Å². The van der Waals surface area contributed by atoms with Crippen LogP contribution in [0.1, 0.15) is 21.7 Å². The number of rotatable bonds is 4. The van der Waals surface area contributed by atoms with E-state index in [9.17, 15) is 4.79 Å². The number of ketones is 1. The lowest BCUT2D eigenvalue weighted by atomic mass is 10.2. The van der Waals surface area contributed by atoms with Crippen LogP contribution in [-0.2, 0) is 0 Å². The van der Waals surface area contributed by atoms with Gasteiger partial charge in [-0.25, -0.2) is 9.36 Å². The lowest BCUT2D eigenvalue weighted by Gasteiger charge is -2.03. The van der Waals surface area contributed by atoms with Crippen LogP contribution in [0.3, 0.4) is 0 Å². The van der Waals surface area contributed by atoms with Crippen molar-refractivity contribution in [1.82, 2.24) is 30.0 Å². The average molecular weight is 365 g/mol. The molecule has 4 aromatic rings. The van der Waals surface area contributed by atoms with Gasteiger partial charge in [-0.05, 0) is 36.8 Å². The molecule has 128 valence electrons. The number of aryl methyl sites for hydroxylation is 1. The third kappa shape index (κ3) is 3.00. The second kappa shape index (κ2) is 6.53. The van der Waals surface area contributed by atoms with Crippen LogP contribution >= 0.6 is 11.6 Å². The molecule has 0 aliphatic carbocycles. The second-order valence-electron chi connectivity index (χ2n) is 5.72. The van der Waals surface area contributed by atoms with E-state index in [2.05, 4.69) is 20.6 Å². The Morgan fingerprint density at radius 2 is 1.58 bits per heavy atom. The number of hydrogen-bond acceptors (Lipinski definition) is 5. The first-order valence-corrected chi connectivity index (χ1v) is 8.21. The Balaban J connectivity index is 1.62. The van der Waals surface area contributed by atoms with Gasteiger partial charge >= 0.3 is 0 Å². The molecule has 0 N–H and O–H groups in total. The normalized spacial score (nSPS) is 10.8. The number of hydrogen-bond donors (Lipinski definition) is 0. The zero-order valence-corrected chi connectivity index (χ0v) is 14.5. The quantitative estimate of drug-likeness (QED) is 0.520. The summed E-state index contributed by atoms with van der Waals surface area (Å²) in [5.41, 5.74) is 2.86. The minimum Gasteiger partial charge on any atom is -0.285 e. The fraction of sp³-hybridized carbons (Fsp3) is 0.0556. The van der Waals surface area contributed by atoms with Crippen LogP contribution in [0.25, 0.3) is 11.4 Å². The highest BCUT2D eigenvalue weighted by molar-refractivity contribution is 6.32. The Kier molecular flexibility index (Phi) is 4.06. The molecule has 0 saturated heterocycles. The minimum atomic E-state index is -0.360. The molecule has 0 bridgehead atoms. The second-order valence-corrected chi connectivity index (χ2v) is 6.12. The van der Waals surface area contributed by atoms with Crippen molar-refractivity contribution >= 4 is 17.4 Å². The first-order chi connectivity index (χ1) is 12.6. The molecule has 0 spiro atoms. The summed E-state index contributed by atoms with van der Waals surface area (Å²) in [5.74, 6) is -0.360. The molecule has 0 unspecified atom stereocenters. The number of carbonyl (C=O) groups is 1. The summed E-state index contributed by atoms with van der Waals surface area (Å²) in [4.78, 5) is 12.6. The van der Waals surface area contributed by atoms with Gasteiger partial charge in [0.1, 0.15) is 0 Å². The SMILES string of the molecule is Cc1ccc(-n2cc(C(=O)c3cn(-c4ccccc4)nn3)nn2)c(Cl)c1. The highest BCUT2D eigenvalue weighted by Gasteiger charge is 2.18. The molecule has 0 fully saturated rings. The van der Waals surface area contributed by atoms with E-state index in [1.54, 1.807) is 6.20 Å². The van der Waals surface area contributed by atoms with Crippen LogP contribution in [0.5, 0.6) is 0 Å². The van der Waals surface area contributed by atoms with Gasteiger partial charge in [-0.3, -0.25) is 4.79 Å². The van der Waals surface area contributed by atoms with E-state index in [1.807, 2.05) is 55.5 Å². The fourth-order valence-corrected chi connectivity index (χ4v) is 2.81. The topological polar surface area (TPSA) is 78.5 Å². The van der Waals surface area contributed by atoms with Crippen LogP contribution in [0, 0.1) is 6.92 Å². The Morgan fingerprint density at radius 3 is 2.27 bits per heavy atom. The van der Waals surface area contributed by atoms with E-state index in [0.717, 1.165) is 11.3 Å². The molecule has 0 saturated carbocycles. The van der Waals surface area contributed by atoms with Crippen LogP contribution in [-0.4, -0.2) is 35.8 Å². The first-order valence-electron chi connectivity index (χ1n) is 7.83. The zero-order chi connectivity index (χ0) is 18.1. The third-order valence-corrected chi connectivity index (χ3v) is 4.13. The predicted molar refractivity (Wildman–Crippen MR) is 95.9 cm³/mol. The fourth-order valence-electron chi connectivity index (χ4n) is 2.49. The van der Waals surface area contributed by atoms with Crippen LogP contribution in [0.15, 0.2) is 60.9 Å². The lowest BCUT2D eigenvalue weighted by Crippen LogP contribution is -2.02. The minimum absolute atomic E-state index is 0.168. The van der Waals surface area contributed by atoms with Crippen molar-refractivity contribution in [2.45, 2.75) is 6.92 Å². The number of nitrogens with zero attached hydrogens (tertiary/aromatic N) is 6. The highest BCUT2D eigenvalue weighted by atomic mass is 35.5. The molecule has 0 atom stereocenters. The van der Waals surface area contributed by atoms with Crippen molar-refractivity contribution in [1.29, 1.82) is 0 Å². The first kappa shape index (κ1) is 16.2. The summed E-state index contributed by atoms with van der Waals surface area (Å²) < 4.78 is 3.01. The lowest BCUT2D eigenvalue weighted by molar-refractivity contribution is 0.102. The molecule has 8 heteroatoms. The maximum atomic E-state index is 12.6. The van der Waals surface area contributed by atoms with Crippen molar-refractivity contribution < 1.29 is 4.79 Å². The summed E-state index contributed by atoms with van der Waals surface area (Å²) in [6, 6.07) is 15.0. The molecule has 0 aliphatic rings. The molecule has 0 aliphatic heterocycles. The number of aromatic nitrogens is 6. The number of para-hydroxylation sites is 1. The summed E-state index contributed by atoms with van der Waals surface area (Å²) in [6.07, 6.45) is 3.09. The highest BCUT2D eigenvalue weighted by Crippen LogP contribution is 2.21. The van der Waals surface area contributed by atoms with E-state index in [1.165, 1.54) is 15.6 Å². The Labute approximate surface area is 153 Å². The van der Waals surface area contributed by atoms with Crippen molar-refractivity contribution in [3.8, 4) is 11.4 Å². The third-order valence-electron chi connectivity index (χ3n) is 3.82. The van der Waals surface area contributed by atoms with Gasteiger partial charge in [0.05, 0.1) is 28.8 Å². The molecule has 26 heavy (non-hydrogen) atoms. The average Bonchev–Trinajstić information content (AvgIpc) is 3.32. The van der Waals surface area contributed by atoms with Gasteiger partial charge in [0.2, 0.25) is 5.78 Å². The van der Waals surface area contributed by atoms with Gasteiger partial charge in [-0.1, -0.05) is 46.3 Å². The molecule has 2 aromatic heterocycles. The Morgan fingerprint density at radius 1 is 0.923 bits per heavy atom. The monoisotopic (exact) mass is 364 g/mol. The number of carbonyl (C=O) groups excluding carboxylic acids is 1. The summed E-state index contributed by atoms with van der Waals surface area (Å²) >= 11 is 6.24. The van der Waals surface area contributed by atoms with Crippen LogP contribution < -0.4 is 0 Å².